The Morgan fingerprint density at radius 2 is 1.72 bits per heavy atom. The molecule has 0 saturated heterocycles. The van der Waals surface area contributed by atoms with Gasteiger partial charge in [-0.05, 0) is 43.0 Å². The highest BCUT2D eigenvalue weighted by Crippen LogP contribution is 2.28. The molecule has 0 fully saturated rings. The zero-order valence-corrected chi connectivity index (χ0v) is 22.8. The first-order chi connectivity index (χ1) is 17.5. The van der Waals surface area contributed by atoms with E-state index in [9.17, 15) is 4.79 Å². The summed E-state index contributed by atoms with van der Waals surface area (Å²) in [5.41, 5.74) is 4.21. The predicted molar refractivity (Wildman–Crippen MR) is 147 cm³/mol. The maximum Gasteiger partial charge on any atom is 0.270 e. The van der Waals surface area contributed by atoms with Gasteiger partial charge >= 0.3 is 0 Å². The van der Waals surface area contributed by atoms with Gasteiger partial charge in [0.05, 0.1) is 20.8 Å². The molecule has 1 N–H and O–H groups in total. The van der Waals surface area contributed by atoms with E-state index >= 15 is 0 Å². The summed E-state index contributed by atoms with van der Waals surface area (Å²) in [5.74, 6) is 1.39. The van der Waals surface area contributed by atoms with E-state index < -0.39 is 0 Å². The Kier molecular flexibility index (Phi) is 11.2. The van der Waals surface area contributed by atoms with Crippen molar-refractivity contribution in [3.05, 3.63) is 75.2 Å². The van der Waals surface area contributed by atoms with Gasteiger partial charge in [0.15, 0.2) is 11.5 Å². The van der Waals surface area contributed by atoms with Crippen molar-refractivity contribution in [2.75, 3.05) is 27.3 Å². The number of aromatic nitrogens is 1. The van der Waals surface area contributed by atoms with E-state index in [2.05, 4.69) is 59.4 Å². The summed E-state index contributed by atoms with van der Waals surface area (Å²) < 4.78 is 10.8. The number of amides is 1. The lowest BCUT2D eigenvalue weighted by molar-refractivity contribution is 0.0948. The summed E-state index contributed by atoms with van der Waals surface area (Å²) >= 11 is 1.55. The Morgan fingerprint density at radius 1 is 0.972 bits per heavy atom. The van der Waals surface area contributed by atoms with Gasteiger partial charge in [-0.15, -0.1) is 11.3 Å². The molecule has 1 amide bonds. The fourth-order valence-electron chi connectivity index (χ4n) is 4.01. The zero-order valence-electron chi connectivity index (χ0n) is 22.0. The van der Waals surface area contributed by atoms with Gasteiger partial charge in [0.1, 0.15) is 10.7 Å². The third-order valence-electron chi connectivity index (χ3n) is 6.15. The molecular weight excluding hydrogens is 470 g/mol. The molecule has 0 atom stereocenters. The minimum atomic E-state index is -0.0792. The number of nitrogens with zero attached hydrogens (tertiary/aromatic N) is 2. The number of rotatable bonds is 15. The van der Waals surface area contributed by atoms with Crippen LogP contribution in [0.4, 0.5) is 0 Å². The van der Waals surface area contributed by atoms with Crippen LogP contribution < -0.4 is 14.8 Å². The number of methoxy groups -OCH3 is 2. The highest BCUT2D eigenvalue weighted by molar-refractivity contribution is 7.09. The van der Waals surface area contributed by atoms with E-state index in [1.165, 1.54) is 29.5 Å². The summed E-state index contributed by atoms with van der Waals surface area (Å²) in [4.78, 5) is 19.6. The number of nitrogens with one attached hydrogen (secondary N) is 1. The van der Waals surface area contributed by atoms with Crippen LogP contribution in [-0.4, -0.2) is 43.1 Å². The van der Waals surface area contributed by atoms with Gasteiger partial charge in [-0.3, -0.25) is 9.69 Å². The first-order valence-corrected chi connectivity index (χ1v) is 13.6. The van der Waals surface area contributed by atoms with E-state index in [0.29, 0.717) is 18.8 Å². The van der Waals surface area contributed by atoms with E-state index in [-0.39, 0.29) is 5.91 Å². The van der Waals surface area contributed by atoms with E-state index in [0.717, 1.165) is 48.9 Å². The average Bonchev–Trinajstić information content (AvgIpc) is 3.36. The Bertz CT molecular complexity index is 1080. The molecule has 0 saturated carbocycles. The fourth-order valence-corrected chi connectivity index (χ4v) is 4.83. The second-order valence-corrected chi connectivity index (χ2v) is 10.0. The predicted octanol–water partition coefficient (Wildman–Crippen LogP) is 6.02. The summed E-state index contributed by atoms with van der Waals surface area (Å²) in [6, 6.07) is 14.7. The van der Waals surface area contributed by atoms with Crippen LogP contribution >= 0.6 is 11.3 Å². The molecule has 0 spiro atoms. The summed E-state index contributed by atoms with van der Waals surface area (Å²) in [7, 11) is 3.31. The van der Waals surface area contributed by atoms with Crippen LogP contribution in [0.2, 0.25) is 0 Å². The topological polar surface area (TPSA) is 63.7 Å². The van der Waals surface area contributed by atoms with E-state index in [4.69, 9.17) is 9.47 Å². The third-order valence-corrected chi connectivity index (χ3v) is 6.98. The van der Waals surface area contributed by atoms with Crippen molar-refractivity contribution < 1.29 is 14.3 Å². The quantitative estimate of drug-likeness (QED) is 0.254. The van der Waals surface area contributed by atoms with Gasteiger partial charge in [0.25, 0.3) is 5.91 Å². The number of hydrogen-bond donors (Lipinski definition) is 1. The zero-order chi connectivity index (χ0) is 25.8. The monoisotopic (exact) mass is 509 g/mol. The number of ether oxygens (including phenoxy) is 2. The van der Waals surface area contributed by atoms with Crippen LogP contribution in [0.3, 0.4) is 0 Å². The lowest BCUT2D eigenvalue weighted by Gasteiger charge is -2.22. The molecule has 0 unspecified atom stereocenters. The highest BCUT2D eigenvalue weighted by atomic mass is 32.1. The van der Waals surface area contributed by atoms with Crippen LogP contribution in [-0.2, 0) is 19.5 Å². The van der Waals surface area contributed by atoms with E-state index in [1.54, 1.807) is 25.6 Å². The van der Waals surface area contributed by atoms with Crippen LogP contribution in [0.15, 0.2) is 47.8 Å². The number of thiazole rings is 1. The van der Waals surface area contributed by atoms with Crippen molar-refractivity contribution in [2.24, 2.45) is 0 Å². The normalized spacial score (nSPS) is 11.0. The van der Waals surface area contributed by atoms with Crippen molar-refractivity contribution in [1.82, 2.24) is 15.2 Å². The van der Waals surface area contributed by atoms with Crippen LogP contribution in [0.5, 0.6) is 11.5 Å². The van der Waals surface area contributed by atoms with Gasteiger partial charge in [-0.25, -0.2) is 4.98 Å². The van der Waals surface area contributed by atoms with Gasteiger partial charge in [-0.1, -0.05) is 62.1 Å². The second-order valence-electron chi connectivity index (χ2n) is 9.08. The van der Waals surface area contributed by atoms with Gasteiger partial charge in [0.2, 0.25) is 0 Å². The molecule has 0 bridgehead atoms. The smallest absolute Gasteiger partial charge is 0.270 e. The van der Waals surface area contributed by atoms with Crippen molar-refractivity contribution in [3.63, 3.8) is 0 Å². The molecule has 3 aromatic rings. The fraction of sp³-hybridized carbons (Fsp3) is 0.448. The maximum atomic E-state index is 12.5. The SMILES string of the molecule is CCCCCCNC(=O)c1csc(CN(CCc2ccc(OC)c(OC)c2)Cc2ccc(C)cc2)n1. The summed E-state index contributed by atoms with van der Waals surface area (Å²) in [6.07, 6.45) is 5.41. The van der Waals surface area contributed by atoms with Crippen LogP contribution in [0.1, 0.15) is 64.8 Å². The first-order valence-electron chi connectivity index (χ1n) is 12.7. The van der Waals surface area contributed by atoms with Gasteiger partial charge < -0.3 is 14.8 Å². The molecule has 3 rings (SSSR count). The largest absolute Gasteiger partial charge is 0.493 e. The molecule has 0 aliphatic carbocycles. The Labute approximate surface area is 219 Å². The molecule has 6 nitrogen and oxygen atoms in total. The molecule has 194 valence electrons. The molecular formula is C29H39N3O3S. The number of carbonyl (C=O) groups excluding carboxylic acids is 1. The van der Waals surface area contributed by atoms with Crippen LogP contribution in [0.25, 0.3) is 0 Å². The molecule has 7 heteroatoms. The Balaban J connectivity index is 1.65. The third kappa shape index (κ3) is 8.64. The van der Waals surface area contributed by atoms with Crippen LogP contribution in [0, 0.1) is 6.92 Å². The number of benzene rings is 2. The highest BCUT2D eigenvalue weighted by Gasteiger charge is 2.15. The number of hydrogen-bond acceptors (Lipinski definition) is 6. The van der Waals surface area contributed by atoms with Crippen molar-refractivity contribution in [3.8, 4) is 11.5 Å². The molecule has 36 heavy (non-hydrogen) atoms. The maximum absolute atomic E-state index is 12.5. The first kappa shape index (κ1) is 27.7. The lowest BCUT2D eigenvalue weighted by Crippen LogP contribution is -2.26. The summed E-state index contributed by atoms with van der Waals surface area (Å²) in [6.45, 7) is 7.34. The molecule has 1 aromatic heterocycles. The lowest BCUT2D eigenvalue weighted by atomic mass is 10.1. The van der Waals surface area contributed by atoms with Crippen molar-refractivity contribution in [2.45, 2.75) is 59.0 Å². The number of aryl methyl sites for hydroxylation is 1. The molecule has 1 heterocycles. The number of carbonyl (C=O) groups is 1. The molecule has 2 aromatic carbocycles. The minimum absolute atomic E-state index is 0.0792. The average molecular weight is 510 g/mol. The van der Waals surface area contributed by atoms with Gasteiger partial charge in [0, 0.05) is 25.0 Å². The second kappa shape index (κ2) is 14.6. The Hall–Kier alpha value is -2.90. The number of unbranched alkanes of at least 4 members (excludes halogenated alkanes) is 3. The molecule has 0 aliphatic rings. The standard InChI is InChI=1S/C29H39N3O3S/c1-5-6-7-8-16-30-29(33)25-21-36-28(31-25)20-32(19-24-11-9-22(2)10-12-24)17-15-23-13-14-26(34-3)27(18-23)35-4/h9-14,18,21H,5-8,15-17,19-20H2,1-4H3,(H,30,33). The van der Waals surface area contributed by atoms with E-state index in [1.807, 2.05) is 17.5 Å². The van der Waals surface area contributed by atoms with Crippen molar-refractivity contribution >= 4 is 17.2 Å². The van der Waals surface area contributed by atoms with Gasteiger partial charge in [-0.2, -0.15) is 0 Å². The summed E-state index contributed by atoms with van der Waals surface area (Å²) in [5, 5.41) is 5.83. The van der Waals surface area contributed by atoms with Crippen molar-refractivity contribution in [1.29, 1.82) is 0 Å². The minimum Gasteiger partial charge on any atom is -0.493 e. The Morgan fingerprint density at radius 3 is 2.44 bits per heavy atom. The molecule has 0 radical (unpaired) electrons. The molecule has 0 aliphatic heterocycles.